The molecule has 0 heterocycles. The quantitative estimate of drug-likeness (QED) is 0.893. The van der Waals surface area contributed by atoms with Crippen molar-refractivity contribution in [3.63, 3.8) is 0 Å². The molecule has 23 heavy (non-hydrogen) atoms. The molecule has 1 aliphatic carbocycles. The Hall–Kier alpha value is -2.05. The lowest BCUT2D eigenvalue weighted by Crippen LogP contribution is -2.45. The fourth-order valence-electron chi connectivity index (χ4n) is 2.75. The number of rotatable bonds is 4. The topological polar surface area (TPSA) is 58.2 Å². The van der Waals surface area contributed by atoms with Crippen LogP contribution in [0.15, 0.2) is 30.3 Å². The first-order valence-corrected chi connectivity index (χ1v) is 7.55. The minimum Gasteiger partial charge on any atom is -0.352 e. The molecule has 7 heteroatoms. The van der Waals surface area contributed by atoms with Crippen LogP contribution in [-0.4, -0.2) is 30.6 Å². The van der Waals surface area contributed by atoms with Crippen LogP contribution in [0, 0.1) is 5.92 Å². The van der Waals surface area contributed by atoms with E-state index in [9.17, 15) is 22.8 Å². The molecule has 1 aromatic rings. The zero-order valence-corrected chi connectivity index (χ0v) is 12.5. The van der Waals surface area contributed by atoms with E-state index in [0.29, 0.717) is 18.4 Å². The van der Waals surface area contributed by atoms with Crippen LogP contribution in [0.4, 0.5) is 13.2 Å². The number of nitrogens with one attached hydrogen (secondary N) is 2. The first-order valence-electron chi connectivity index (χ1n) is 7.55. The van der Waals surface area contributed by atoms with Crippen LogP contribution < -0.4 is 10.6 Å². The Morgan fingerprint density at radius 3 is 2.48 bits per heavy atom. The lowest BCUT2D eigenvalue weighted by molar-refractivity contribution is -0.184. The summed E-state index contributed by atoms with van der Waals surface area (Å²) in [6.07, 6.45) is -3.23. The van der Waals surface area contributed by atoms with Gasteiger partial charge < -0.3 is 10.6 Å². The van der Waals surface area contributed by atoms with E-state index in [-0.39, 0.29) is 19.4 Å². The van der Waals surface area contributed by atoms with E-state index >= 15 is 0 Å². The van der Waals surface area contributed by atoms with Crippen LogP contribution in [0.25, 0.3) is 0 Å². The normalized spacial score (nSPS) is 21.5. The molecule has 0 aliphatic heterocycles. The van der Waals surface area contributed by atoms with Crippen molar-refractivity contribution in [3.05, 3.63) is 35.9 Å². The largest absolute Gasteiger partial charge is 0.391 e. The number of benzene rings is 1. The van der Waals surface area contributed by atoms with E-state index < -0.39 is 30.0 Å². The zero-order chi connectivity index (χ0) is 16.9. The fourth-order valence-corrected chi connectivity index (χ4v) is 2.75. The number of hydrogen-bond acceptors (Lipinski definition) is 2. The highest BCUT2D eigenvalue weighted by molar-refractivity contribution is 5.96. The van der Waals surface area contributed by atoms with Gasteiger partial charge in [0, 0.05) is 11.6 Å². The predicted molar refractivity (Wildman–Crippen MR) is 78.7 cm³/mol. The molecule has 2 atom stereocenters. The van der Waals surface area contributed by atoms with E-state index in [4.69, 9.17) is 0 Å². The Morgan fingerprint density at radius 2 is 1.83 bits per heavy atom. The van der Waals surface area contributed by atoms with Crippen molar-refractivity contribution in [1.29, 1.82) is 0 Å². The molecule has 1 fully saturated rings. The first-order chi connectivity index (χ1) is 10.9. The highest BCUT2D eigenvalue weighted by atomic mass is 19.4. The fraction of sp³-hybridized carbons (Fsp3) is 0.500. The third-order valence-corrected chi connectivity index (χ3v) is 3.95. The SMILES string of the molecule is O=C(CNC(=O)c1ccccc1)N[C@H]1CCC[C@H](C(F)(F)F)C1. The molecular weight excluding hydrogens is 309 g/mol. The van der Waals surface area contributed by atoms with Gasteiger partial charge in [-0.1, -0.05) is 24.6 Å². The van der Waals surface area contributed by atoms with Gasteiger partial charge in [0.2, 0.25) is 5.91 Å². The Kier molecular flexibility index (Phi) is 5.63. The molecule has 0 aromatic heterocycles. The van der Waals surface area contributed by atoms with Crippen molar-refractivity contribution < 1.29 is 22.8 Å². The minimum absolute atomic E-state index is 0.0954. The molecule has 0 radical (unpaired) electrons. The molecule has 1 aliphatic rings. The number of halogens is 3. The second-order valence-electron chi connectivity index (χ2n) is 5.72. The summed E-state index contributed by atoms with van der Waals surface area (Å²) in [7, 11) is 0. The molecule has 4 nitrogen and oxygen atoms in total. The van der Waals surface area contributed by atoms with E-state index in [1.807, 2.05) is 0 Å². The molecule has 2 amide bonds. The van der Waals surface area contributed by atoms with Gasteiger partial charge in [0.25, 0.3) is 5.91 Å². The Bertz CT molecular complexity index is 546. The second-order valence-corrected chi connectivity index (χ2v) is 5.72. The van der Waals surface area contributed by atoms with E-state index in [0.717, 1.165) is 0 Å². The smallest absolute Gasteiger partial charge is 0.352 e. The van der Waals surface area contributed by atoms with Crippen LogP contribution in [-0.2, 0) is 4.79 Å². The Labute approximate surface area is 132 Å². The van der Waals surface area contributed by atoms with E-state index in [1.54, 1.807) is 30.3 Å². The van der Waals surface area contributed by atoms with Crippen molar-refractivity contribution in [2.75, 3.05) is 6.54 Å². The molecular formula is C16H19F3N2O2. The van der Waals surface area contributed by atoms with Crippen LogP contribution in [0.5, 0.6) is 0 Å². The third-order valence-electron chi connectivity index (χ3n) is 3.95. The molecule has 0 spiro atoms. The predicted octanol–water partition coefficient (Wildman–Crippen LogP) is 2.65. The van der Waals surface area contributed by atoms with Gasteiger partial charge in [0.15, 0.2) is 0 Å². The van der Waals surface area contributed by atoms with Gasteiger partial charge in [-0.2, -0.15) is 13.2 Å². The van der Waals surface area contributed by atoms with Crippen LogP contribution in [0.3, 0.4) is 0 Å². The lowest BCUT2D eigenvalue weighted by Gasteiger charge is -2.31. The number of carbonyl (C=O) groups is 2. The summed E-state index contributed by atoms with van der Waals surface area (Å²) in [5, 5.41) is 5.03. The number of alkyl halides is 3. The average molecular weight is 328 g/mol. The van der Waals surface area contributed by atoms with E-state index in [2.05, 4.69) is 10.6 Å². The monoisotopic (exact) mass is 328 g/mol. The van der Waals surface area contributed by atoms with Crippen LogP contribution in [0.1, 0.15) is 36.0 Å². The number of hydrogen-bond donors (Lipinski definition) is 2. The maximum atomic E-state index is 12.7. The van der Waals surface area contributed by atoms with Gasteiger partial charge in [0.1, 0.15) is 0 Å². The molecule has 1 aromatic carbocycles. The van der Waals surface area contributed by atoms with Crippen LogP contribution in [0.2, 0.25) is 0 Å². The molecule has 126 valence electrons. The van der Waals surface area contributed by atoms with Gasteiger partial charge in [-0.3, -0.25) is 9.59 Å². The summed E-state index contributed by atoms with van der Waals surface area (Å²) in [4.78, 5) is 23.6. The van der Waals surface area contributed by atoms with Crippen LogP contribution >= 0.6 is 0 Å². The number of amides is 2. The Balaban J connectivity index is 1.77. The highest BCUT2D eigenvalue weighted by Gasteiger charge is 2.42. The van der Waals surface area contributed by atoms with Gasteiger partial charge in [-0.25, -0.2) is 0 Å². The minimum atomic E-state index is -4.22. The lowest BCUT2D eigenvalue weighted by atomic mass is 9.85. The van der Waals surface area contributed by atoms with Gasteiger partial charge >= 0.3 is 6.18 Å². The average Bonchev–Trinajstić information content (AvgIpc) is 2.53. The summed E-state index contributed by atoms with van der Waals surface area (Å²) in [6, 6.07) is 7.91. The zero-order valence-electron chi connectivity index (χ0n) is 12.5. The van der Waals surface area contributed by atoms with Crippen molar-refractivity contribution in [1.82, 2.24) is 10.6 Å². The molecule has 0 saturated heterocycles. The summed E-state index contributed by atoms with van der Waals surface area (Å²) in [6.45, 7) is -0.249. The maximum absolute atomic E-state index is 12.7. The van der Waals surface area contributed by atoms with Gasteiger partial charge in [-0.05, 0) is 31.4 Å². The summed E-state index contributed by atoms with van der Waals surface area (Å²) >= 11 is 0. The van der Waals surface area contributed by atoms with Gasteiger partial charge in [-0.15, -0.1) is 0 Å². The first kappa shape index (κ1) is 17.3. The molecule has 2 N–H and O–H groups in total. The third kappa shape index (κ3) is 5.26. The standard InChI is InChI=1S/C16H19F3N2O2/c17-16(18,19)12-7-4-8-13(9-12)21-14(22)10-20-15(23)11-5-2-1-3-6-11/h1-3,5-6,12-13H,4,7-10H2,(H,20,23)(H,21,22)/t12-,13-/m0/s1. The maximum Gasteiger partial charge on any atom is 0.391 e. The van der Waals surface area contributed by atoms with Crippen molar-refractivity contribution in [2.24, 2.45) is 5.92 Å². The van der Waals surface area contributed by atoms with E-state index in [1.165, 1.54) is 0 Å². The Morgan fingerprint density at radius 1 is 1.13 bits per heavy atom. The van der Waals surface area contributed by atoms with Crippen molar-refractivity contribution in [3.8, 4) is 0 Å². The van der Waals surface area contributed by atoms with Crippen molar-refractivity contribution >= 4 is 11.8 Å². The molecule has 2 rings (SSSR count). The molecule has 0 bridgehead atoms. The summed E-state index contributed by atoms with van der Waals surface area (Å²) in [5.74, 6) is -2.22. The molecule has 1 saturated carbocycles. The summed E-state index contributed by atoms with van der Waals surface area (Å²) < 4.78 is 38.2. The number of carbonyl (C=O) groups excluding carboxylic acids is 2. The van der Waals surface area contributed by atoms with Crippen molar-refractivity contribution in [2.45, 2.75) is 37.9 Å². The van der Waals surface area contributed by atoms with Gasteiger partial charge in [0.05, 0.1) is 12.5 Å². The molecule has 0 unspecified atom stereocenters. The highest BCUT2D eigenvalue weighted by Crippen LogP contribution is 2.37. The second kappa shape index (κ2) is 7.48. The summed E-state index contributed by atoms with van der Waals surface area (Å²) in [5.41, 5.74) is 0.426.